The van der Waals surface area contributed by atoms with Gasteiger partial charge in [-0.1, -0.05) is 0 Å². The van der Waals surface area contributed by atoms with E-state index in [1.165, 1.54) is 0 Å². The summed E-state index contributed by atoms with van der Waals surface area (Å²) in [5, 5.41) is 15.4. The number of anilines is 2. The molecular formula is C19H21N7O3. The van der Waals surface area contributed by atoms with Crippen molar-refractivity contribution in [1.82, 2.24) is 24.7 Å². The van der Waals surface area contributed by atoms with Crippen LogP contribution in [0.4, 0.5) is 16.3 Å². The fourth-order valence-electron chi connectivity index (χ4n) is 4.10. The van der Waals surface area contributed by atoms with E-state index in [4.69, 9.17) is 9.47 Å². The first kappa shape index (κ1) is 17.5. The van der Waals surface area contributed by atoms with Gasteiger partial charge in [0.2, 0.25) is 0 Å². The SMILES string of the molecule is COc1ccc(NC(=O)N2C3CC2CN(c2ccc4nncn4n2)C3)c(OC)c1. The van der Waals surface area contributed by atoms with Gasteiger partial charge in [0.15, 0.2) is 5.65 Å². The fraction of sp³-hybridized carbons (Fsp3) is 0.368. The van der Waals surface area contributed by atoms with E-state index in [9.17, 15) is 4.79 Å². The summed E-state index contributed by atoms with van der Waals surface area (Å²) in [6, 6.07) is 9.36. The Morgan fingerprint density at radius 1 is 1.14 bits per heavy atom. The Morgan fingerprint density at radius 3 is 2.72 bits per heavy atom. The topological polar surface area (TPSA) is 97.1 Å². The van der Waals surface area contributed by atoms with Gasteiger partial charge >= 0.3 is 6.03 Å². The molecule has 29 heavy (non-hydrogen) atoms. The molecule has 10 heteroatoms. The van der Waals surface area contributed by atoms with Crippen molar-refractivity contribution in [3.8, 4) is 11.5 Å². The summed E-state index contributed by atoms with van der Waals surface area (Å²) in [5.41, 5.74) is 1.34. The van der Waals surface area contributed by atoms with Crippen molar-refractivity contribution in [2.24, 2.45) is 0 Å². The molecule has 3 fully saturated rings. The zero-order valence-electron chi connectivity index (χ0n) is 16.1. The molecule has 0 aliphatic carbocycles. The molecule has 10 nitrogen and oxygen atoms in total. The molecule has 1 aromatic carbocycles. The lowest BCUT2D eigenvalue weighted by Crippen LogP contribution is -2.71. The van der Waals surface area contributed by atoms with Gasteiger partial charge in [0.05, 0.1) is 32.0 Å². The molecule has 5 heterocycles. The number of rotatable bonds is 4. The zero-order valence-corrected chi connectivity index (χ0v) is 16.1. The molecule has 150 valence electrons. The Kier molecular flexibility index (Phi) is 4.11. The first-order valence-corrected chi connectivity index (χ1v) is 9.39. The van der Waals surface area contributed by atoms with Crippen LogP contribution in [-0.4, -0.2) is 70.1 Å². The van der Waals surface area contributed by atoms with Crippen LogP contribution in [0.15, 0.2) is 36.7 Å². The molecule has 2 aromatic heterocycles. The Hall–Kier alpha value is -3.56. The highest BCUT2D eigenvalue weighted by atomic mass is 16.5. The highest BCUT2D eigenvalue weighted by Gasteiger charge is 2.47. The molecule has 2 atom stereocenters. The number of hydrogen-bond donors (Lipinski definition) is 1. The summed E-state index contributed by atoms with van der Waals surface area (Å²) in [5.74, 6) is 2.11. The Morgan fingerprint density at radius 2 is 1.97 bits per heavy atom. The number of piperazine rings is 1. The zero-order chi connectivity index (χ0) is 20.0. The van der Waals surface area contributed by atoms with Crippen molar-refractivity contribution in [3.05, 3.63) is 36.7 Å². The van der Waals surface area contributed by atoms with Crippen molar-refractivity contribution >= 4 is 23.2 Å². The van der Waals surface area contributed by atoms with Crippen LogP contribution in [0.2, 0.25) is 0 Å². The minimum Gasteiger partial charge on any atom is -0.497 e. The average molecular weight is 395 g/mol. The molecule has 3 saturated heterocycles. The molecule has 3 aliphatic rings. The van der Waals surface area contributed by atoms with Crippen LogP contribution in [0.3, 0.4) is 0 Å². The first-order chi connectivity index (χ1) is 14.2. The molecule has 1 N–H and O–H groups in total. The number of nitrogens with zero attached hydrogens (tertiary/aromatic N) is 6. The van der Waals surface area contributed by atoms with Gasteiger partial charge in [-0.25, -0.2) is 4.79 Å². The van der Waals surface area contributed by atoms with Gasteiger partial charge in [0.1, 0.15) is 23.6 Å². The van der Waals surface area contributed by atoms with E-state index >= 15 is 0 Å². The molecule has 3 aliphatic heterocycles. The van der Waals surface area contributed by atoms with Crippen molar-refractivity contribution in [2.45, 2.75) is 18.5 Å². The molecule has 2 unspecified atom stereocenters. The number of urea groups is 1. The molecule has 6 rings (SSSR count). The van der Waals surface area contributed by atoms with Gasteiger partial charge in [-0.2, -0.15) is 4.52 Å². The first-order valence-electron chi connectivity index (χ1n) is 9.39. The van der Waals surface area contributed by atoms with Crippen molar-refractivity contribution < 1.29 is 14.3 Å². The van der Waals surface area contributed by atoms with Gasteiger partial charge in [0, 0.05) is 19.2 Å². The maximum atomic E-state index is 12.9. The quantitative estimate of drug-likeness (QED) is 0.717. The number of methoxy groups -OCH3 is 2. The number of fused-ring (bicyclic) bond motifs is 3. The second kappa shape index (κ2) is 6.80. The molecule has 0 radical (unpaired) electrons. The molecule has 2 amide bonds. The third kappa shape index (κ3) is 2.96. The number of benzene rings is 1. The normalized spacial score (nSPS) is 20.3. The van der Waals surface area contributed by atoms with Crippen LogP contribution in [-0.2, 0) is 0 Å². The van der Waals surface area contributed by atoms with Crippen molar-refractivity contribution in [2.75, 3.05) is 37.5 Å². The van der Waals surface area contributed by atoms with Crippen molar-refractivity contribution in [1.29, 1.82) is 0 Å². The Bertz CT molecular complexity index is 1060. The average Bonchev–Trinajstić information content (AvgIpc) is 3.22. The maximum Gasteiger partial charge on any atom is 0.322 e. The number of aromatic nitrogens is 4. The van der Waals surface area contributed by atoms with E-state index in [2.05, 4.69) is 25.5 Å². The van der Waals surface area contributed by atoms with E-state index in [0.29, 0.717) is 22.8 Å². The monoisotopic (exact) mass is 395 g/mol. The van der Waals surface area contributed by atoms with Crippen LogP contribution < -0.4 is 19.7 Å². The number of ether oxygens (including phenoxy) is 2. The lowest BCUT2D eigenvalue weighted by atomic mass is 9.88. The Labute approximate surface area is 167 Å². The van der Waals surface area contributed by atoms with E-state index in [0.717, 1.165) is 25.3 Å². The van der Waals surface area contributed by atoms with Gasteiger partial charge in [-0.15, -0.1) is 15.3 Å². The smallest absolute Gasteiger partial charge is 0.322 e. The van der Waals surface area contributed by atoms with E-state index in [1.807, 2.05) is 17.0 Å². The fourth-order valence-corrected chi connectivity index (χ4v) is 4.10. The summed E-state index contributed by atoms with van der Waals surface area (Å²) in [6.45, 7) is 1.48. The van der Waals surface area contributed by atoms with E-state index in [-0.39, 0.29) is 18.1 Å². The Balaban J connectivity index is 1.28. The minimum absolute atomic E-state index is 0.114. The van der Waals surface area contributed by atoms with Crippen LogP contribution >= 0.6 is 0 Å². The minimum atomic E-state index is -0.114. The van der Waals surface area contributed by atoms with Crippen LogP contribution in [0.25, 0.3) is 5.65 Å². The lowest BCUT2D eigenvalue weighted by Gasteiger charge is -2.56. The summed E-state index contributed by atoms with van der Waals surface area (Å²) >= 11 is 0. The largest absolute Gasteiger partial charge is 0.497 e. The summed E-state index contributed by atoms with van der Waals surface area (Å²) in [6.07, 6.45) is 2.59. The highest BCUT2D eigenvalue weighted by molar-refractivity contribution is 5.92. The number of piperidine rings is 1. The van der Waals surface area contributed by atoms with Crippen LogP contribution in [0.1, 0.15) is 6.42 Å². The van der Waals surface area contributed by atoms with Gasteiger partial charge in [-0.05, 0) is 30.7 Å². The lowest BCUT2D eigenvalue weighted by molar-refractivity contribution is 0.0435. The molecule has 0 spiro atoms. The predicted octanol–water partition coefficient (Wildman–Crippen LogP) is 1.64. The van der Waals surface area contributed by atoms with Gasteiger partial charge in [-0.3, -0.25) is 0 Å². The third-order valence-corrected chi connectivity index (χ3v) is 5.55. The number of nitrogens with one attached hydrogen (secondary N) is 1. The maximum absolute atomic E-state index is 12.9. The summed E-state index contributed by atoms with van der Waals surface area (Å²) in [4.78, 5) is 17.0. The highest BCUT2D eigenvalue weighted by Crippen LogP contribution is 2.36. The molecular weight excluding hydrogens is 374 g/mol. The molecule has 2 bridgehead atoms. The predicted molar refractivity (Wildman–Crippen MR) is 106 cm³/mol. The van der Waals surface area contributed by atoms with Gasteiger partial charge in [0.25, 0.3) is 0 Å². The van der Waals surface area contributed by atoms with Crippen molar-refractivity contribution in [3.63, 3.8) is 0 Å². The van der Waals surface area contributed by atoms with Crippen LogP contribution in [0.5, 0.6) is 11.5 Å². The number of amides is 2. The summed E-state index contributed by atoms with van der Waals surface area (Å²) in [7, 11) is 3.16. The molecule has 3 aromatic rings. The van der Waals surface area contributed by atoms with Crippen LogP contribution in [0, 0.1) is 0 Å². The standard InChI is InChI=1S/C19H21N7O3/c1-28-14-3-4-15(16(8-14)29-2)21-19(27)26-12-7-13(26)10-24(9-12)18-6-5-17-22-20-11-25(17)23-18/h3-6,8,11-13H,7,9-10H2,1-2H3,(H,21,27). The molecule has 0 saturated carbocycles. The second-order valence-electron chi connectivity index (χ2n) is 7.18. The van der Waals surface area contributed by atoms with Gasteiger partial charge < -0.3 is 24.6 Å². The second-order valence-corrected chi connectivity index (χ2v) is 7.18. The van der Waals surface area contributed by atoms with E-state index < -0.39 is 0 Å². The van der Waals surface area contributed by atoms with E-state index in [1.54, 1.807) is 43.3 Å². The number of carbonyl (C=O) groups excluding carboxylic acids is 1. The number of hydrogen-bond acceptors (Lipinski definition) is 7. The third-order valence-electron chi connectivity index (χ3n) is 5.55. The summed E-state index contributed by atoms with van der Waals surface area (Å²) < 4.78 is 12.2. The number of carbonyl (C=O) groups is 1.